The number of rotatable bonds is 20. The molecule has 1 amide bonds. The summed E-state index contributed by atoms with van der Waals surface area (Å²) in [7, 11) is 0. The lowest BCUT2D eigenvalue weighted by Crippen LogP contribution is -2.29. The topological polar surface area (TPSA) is 55.1 Å². The van der Waals surface area contributed by atoms with Crippen molar-refractivity contribution in [3.8, 4) is 0 Å². The fourth-order valence-electron chi connectivity index (χ4n) is 4.10. The molecule has 1 aromatic carbocycles. The van der Waals surface area contributed by atoms with Gasteiger partial charge in [-0.25, -0.2) is 0 Å². The number of nitrogens with two attached hydrogens (primary N) is 1. The van der Waals surface area contributed by atoms with Crippen LogP contribution in [0, 0.1) is 0 Å². The largest absolute Gasteiger partial charge is 0.349 e. The van der Waals surface area contributed by atoms with E-state index in [0.717, 1.165) is 24.8 Å². The van der Waals surface area contributed by atoms with Crippen LogP contribution in [-0.2, 0) is 4.79 Å². The lowest BCUT2D eigenvalue weighted by molar-refractivity contribution is -0.122. The molecule has 1 rings (SSSR count). The quantitative estimate of drug-likeness (QED) is 0.217. The molecule has 0 bridgehead atoms. The number of amides is 1. The Balaban J connectivity index is 1.93. The number of carbonyl (C=O) groups excluding carboxylic acids is 1. The predicted molar refractivity (Wildman–Crippen MR) is 131 cm³/mol. The summed E-state index contributed by atoms with van der Waals surface area (Å²) in [5.74, 6) is 0.159. The molecular weight excluding hydrogens is 368 g/mol. The standard InChI is InChI=1S/C27H48N2O/c1-2-3-4-5-6-7-8-9-10-11-12-13-14-15-19-22-27(30)29-26(23-24-28)25-20-17-16-18-21-25/h16-18,20-21,26H,2-15,19,22-24,28H2,1H3,(H,29,30). The summed E-state index contributed by atoms with van der Waals surface area (Å²) >= 11 is 0. The number of hydrogen-bond donors (Lipinski definition) is 2. The van der Waals surface area contributed by atoms with Gasteiger partial charge >= 0.3 is 0 Å². The molecule has 1 atom stereocenters. The SMILES string of the molecule is CCCCCCCCCCCCCCCCCC(=O)NC(CCN)c1ccccc1. The van der Waals surface area contributed by atoms with E-state index in [2.05, 4.69) is 24.4 Å². The summed E-state index contributed by atoms with van der Waals surface area (Å²) in [5, 5.41) is 3.16. The average molecular weight is 417 g/mol. The smallest absolute Gasteiger partial charge is 0.220 e. The predicted octanol–water partition coefficient (Wildman–Crippen LogP) is 7.45. The highest BCUT2D eigenvalue weighted by Crippen LogP contribution is 2.17. The molecule has 172 valence electrons. The van der Waals surface area contributed by atoms with Gasteiger partial charge in [-0.2, -0.15) is 0 Å². The number of carbonyl (C=O) groups is 1. The number of benzene rings is 1. The van der Waals surface area contributed by atoms with E-state index < -0.39 is 0 Å². The molecule has 0 saturated heterocycles. The van der Waals surface area contributed by atoms with Crippen molar-refractivity contribution in [2.75, 3.05) is 6.54 Å². The third kappa shape index (κ3) is 14.6. The Morgan fingerprint density at radius 2 is 1.23 bits per heavy atom. The Labute approximate surface area is 186 Å². The minimum Gasteiger partial charge on any atom is -0.349 e. The number of unbranched alkanes of at least 4 members (excludes halogenated alkanes) is 14. The number of hydrogen-bond acceptors (Lipinski definition) is 2. The summed E-state index contributed by atoms with van der Waals surface area (Å²) in [6, 6.07) is 10.2. The van der Waals surface area contributed by atoms with Gasteiger partial charge in [0, 0.05) is 6.42 Å². The molecule has 0 radical (unpaired) electrons. The van der Waals surface area contributed by atoms with Gasteiger partial charge in [-0.15, -0.1) is 0 Å². The fourth-order valence-corrected chi connectivity index (χ4v) is 4.10. The average Bonchev–Trinajstić information content (AvgIpc) is 2.76. The zero-order chi connectivity index (χ0) is 21.7. The fraction of sp³-hybridized carbons (Fsp3) is 0.741. The summed E-state index contributed by atoms with van der Waals surface area (Å²) in [5.41, 5.74) is 6.87. The highest BCUT2D eigenvalue weighted by atomic mass is 16.1. The first kappa shape index (κ1) is 26.7. The number of nitrogens with one attached hydrogen (secondary N) is 1. The van der Waals surface area contributed by atoms with E-state index in [4.69, 9.17) is 5.73 Å². The molecule has 0 spiro atoms. The molecule has 3 N–H and O–H groups in total. The van der Waals surface area contributed by atoms with Crippen LogP contribution >= 0.6 is 0 Å². The molecule has 0 aliphatic carbocycles. The van der Waals surface area contributed by atoms with Gasteiger partial charge in [0.1, 0.15) is 0 Å². The minimum atomic E-state index is 0.0417. The van der Waals surface area contributed by atoms with Crippen LogP contribution in [0.2, 0.25) is 0 Å². The van der Waals surface area contributed by atoms with Gasteiger partial charge in [0.25, 0.3) is 0 Å². The highest BCUT2D eigenvalue weighted by molar-refractivity contribution is 5.76. The van der Waals surface area contributed by atoms with E-state index in [1.807, 2.05) is 18.2 Å². The Kier molecular flexibility index (Phi) is 17.4. The van der Waals surface area contributed by atoms with Crippen molar-refractivity contribution in [2.24, 2.45) is 5.73 Å². The molecule has 0 aromatic heterocycles. The second-order valence-electron chi connectivity index (χ2n) is 8.81. The van der Waals surface area contributed by atoms with Crippen LogP contribution in [0.1, 0.15) is 128 Å². The van der Waals surface area contributed by atoms with Crippen molar-refractivity contribution in [1.82, 2.24) is 5.32 Å². The van der Waals surface area contributed by atoms with Gasteiger partial charge < -0.3 is 11.1 Å². The van der Waals surface area contributed by atoms with Crippen LogP contribution in [-0.4, -0.2) is 12.5 Å². The van der Waals surface area contributed by atoms with Gasteiger partial charge in [-0.1, -0.05) is 127 Å². The molecular formula is C27H48N2O. The maximum absolute atomic E-state index is 12.3. The molecule has 1 unspecified atom stereocenters. The van der Waals surface area contributed by atoms with Crippen LogP contribution < -0.4 is 11.1 Å². The van der Waals surface area contributed by atoms with Crippen molar-refractivity contribution in [3.63, 3.8) is 0 Å². The van der Waals surface area contributed by atoms with Crippen molar-refractivity contribution >= 4 is 5.91 Å². The summed E-state index contributed by atoms with van der Waals surface area (Å²) < 4.78 is 0. The Bertz CT molecular complexity index is 503. The van der Waals surface area contributed by atoms with Crippen LogP contribution in [0.15, 0.2) is 30.3 Å². The van der Waals surface area contributed by atoms with Gasteiger partial charge in [0.05, 0.1) is 6.04 Å². The summed E-state index contributed by atoms with van der Waals surface area (Å²) in [4.78, 5) is 12.3. The maximum atomic E-state index is 12.3. The highest BCUT2D eigenvalue weighted by Gasteiger charge is 2.13. The van der Waals surface area contributed by atoms with Crippen molar-refractivity contribution < 1.29 is 4.79 Å². The monoisotopic (exact) mass is 416 g/mol. The van der Waals surface area contributed by atoms with Gasteiger partial charge in [0.15, 0.2) is 0 Å². The van der Waals surface area contributed by atoms with E-state index in [1.165, 1.54) is 83.5 Å². The molecule has 0 fully saturated rings. The summed E-state index contributed by atoms with van der Waals surface area (Å²) in [6.45, 7) is 2.86. The van der Waals surface area contributed by atoms with Crippen molar-refractivity contribution in [1.29, 1.82) is 0 Å². The Morgan fingerprint density at radius 3 is 1.70 bits per heavy atom. The van der Waals surface area contributed by atoms with Crippen LogP contribution in [0.4, 0.5) is 0 Å². The normalized spacial score (nSPS) is 12.1. The van der Waals surface area contributed by atoms with E-state index in [1.54, 1.807) is 0 Å². The third-order valence-corrected chi connectivity index (χ3v) is 6.00. The minimum absolute atomic E-state index is 0.0417. The molecule has 0 heterocycles. The molecule has 0 aliphatic rings. The molecule has 0 saturated carbocycles. The molecule has 1 aromatic rings. The summed E-state index contributed by atoms with van der Waals surface area (Å²) in [6.07, 6.45) is 21.6. The maximum Gasteiger partial charge on any atom is 0.220 e. The second-order valence-corrected chi connectivity index (χ2v) is 8.81. The van der Waals surface area contributed by atoms with Crippen molar-refractivity contribution in [2.45, 2.75) is 122 Å². The zero-order valence-corrected chi connectivity index (χ0v) is 19.7. The second kappa shape index (κ2) is 19.6. The first-order valence-electron chi connectivity index (χ1n) is 12.8. The van der Waals surface area contributed by atoms with E-state index in [9.17, 15) is 4.79 Å². The third-order valence-electron chi connectivity index (χ3n) is 6.00. The lowest BCUT2D eigenvalue weighted by Gasteiger charge is -2.18. The Hall–Kier alpha value is -1.35. The zero-order valence-electron chi connectivity index (χ0n) is 19.7. The van der Waals surface area contributed by atoms with Crippen LogP contribution in [0.25, 0.3) is 0 Å². The molecule has 0 aliphatic heterocycles. The van der Waals surface area contributed by atoms with E-state index in [-0.39, 0.29) is 11.9 Å². The van der Waals surface area contributed by atoms with Crippen LogP contribution in [0.5, 0.6) is 0 Å². The van der Waals surface area contributed by atoms with Crippen LogP contribution in [0.3, 0.4) is 0 Å². The molecule has 3 heteroatoms. The molecule has 30 heavy (non-hydrogen) atoms. The first-order valence-corrected chi connectivity index (χ1v) is 12.8. The van der Waals surface area contributed by atoms with Gasteiger partial charge in [-0.3, -0.25) is 4.79 Å². The van der Waals surface area contributed by atoms with Gasteiger partial charge in [-0.05, 0) is 24.9 Å². The van der Waals surface area contributed by atoms with E-state index >= 15 is 0 Å². The van der Waals surface area contributed by atoms with Gasteiger partial charge in [0.2, 0.25) is 5.91 Å². The van der Waals surface area contributed by atoms with Crippen molar-refractivity contribution in [3.05, 3.63) is 35.9 Å². The first-order chi connectivity index (χ1) is 14.8. The Morgan fingerprint density at radius 1 is 0.767 bits per heavy atom. The van der Waals surface area contributed by atoms with E-state index in [0.29, 0.717) is 13.0 Å². The molecule has 3 nitrogen and oxygen atoms in total. The lowest BCUT2D eigenvalue weighted by atomic mass is 10.0.